The molecular weight excluding hydrogens is 444 g/mol. The van der Waals surface area contributed by atoms with E-state index in [1.54, 1.807) is 12.1 Å². The number of aromatic nitrogens is 1. The molecule has 0 spiro atoms. The topological polar surface area (TPSA) is 59.1 Å². The van der Waals surface area contributed by atoms with E-state index in [2.05, 4.69) is 9.71 Å². The van der Waals surface area contributed by atoms with Crippen molar-refractivity contribution in [3.8, 4) is 0 Å². The molecule has 0 radical (unpaired) electrons. The molecule has 1 heterocycles. The summed E-state index contributed by atoms with van der Waals surface area (Å²) in [5.74, 6) is -1.09. The zero-order valence-corrected chi connectivity index (χ0v) is 17.7. The first-order chi connectivity index (χ1) is 15.1. The van der Waals surface area contributed by atoms with Crippen LogP contribution in [0.25, 0.3) is 11.6 Å². The molecule has 0 atom stereocenters. The Kier molecular flexibility index (Phi) is 5.77. The maximum atomic E-state index is 14.2. The highest BCUT2D eigenvalue weighted by Gasteiger charge is 2.22. The van der Waals surface area contributed by atoms with Crippen LogP contribution in [0.3, 0.4) is 0 Å². The van der Waals surface area contributed by atoms with E-state index in [4.69, 9.17) is 0 Å². The number of hydrogen-bond donors (Lipinski definition) is 1. The molecule has 1 aliphatic rings. The Morgan fingerprint density at radius 1 is 0.969 bits per heavy atom. The highest BCUT2D eigenvalue weighted by atomic mass is 32.2. The van der Waals surface area contributed by atoms with E-state index >= 15 is 0 Å². The van der Waals surface area contributed by atoms with E-state index in [0.717, 1.165) is 12.3 Å². The van der Waals surface area contributed by atoms with Gasteiger partial charge in [0.1, 0.15) is 17.3 Å². The molecule has 1 aliphatic carbocycles. The highest BCUT2D eigenvalue weighted by Crippen LogP contribution is 2.36. The second-order valence-electron chi connectivity index (χ2n) is 7.54. The van der Waals surface area contributed by atoms with E-state index in [1.807, 2.05) is 0 Å². The summed E-state index contributed by atoms with van der Waals surface area (Å²) in [5.41, 5.74) is 2.91. The summed E-state index contributed by atoms with van der Waals surface area (Å²) in [7, 11) is -3.62. The van der Waals surface area contributed by atoms with Crippen LogP contribution in [0.15, 0.2) is 48.5 Å². The number of halogens is 4. The lowest BCUT2D eigenvalue weighted by molar-refractivity contribution is 0.146. The Bertz CT molecular complexity index is 1340. The van der Waals surface area contributed by atoms with Gasteiger partial charge in [-0.25, -0.2) is 26.0 Å². The van der Waals surface area contributed by atoms with Crippen molar-refractivity contribution in [2.75, 3.05) is 11.0 Å². The molecule has 4 rings (SSSR count). The summed E-state index contributed by atoms with van der Waals surface area (Å²) in [4.78, 5) is 4.10. The van der Waals surface area contributed by atoms with Crippen molar-refractivity contribution < 1.29 is 26.0 Å². The SMILES string of the molecule is CS(=O)(=O)Nc1cc(F)cc(/C=C2\c3ccc(F)cc3CCc3nc(C(F)F)ccc32)c1. The third kappa shape index (κ3) is 4.83. The molecule has 0 amide bonds. The zero-order chi connectivity index (χ0) is 23.0. The monoisotopic (exact) mass is 462 g/mol. The first-order valence-corrected chi connectivity index (χ1v) is 11.6. The van der Waals surface area contributed by atoms with Crippen molar-refractivity contribution >= 4 is 27.4 Å². The van der Waals surface area contributed by atoms with Crippen molar-refractivity contribution in [1.82, 2.24) is 4.98 Å². The standard InChI is InChI=1S/C23H18F4N2O2S/c1-32(30,31)29-17-9-13(8-16(25)12-17)10-20-18-4-3-15(24)11-14(18)2-6-21-19(20)5-7-22(28-21)23(26)27/h3-5,7-12,23,29H,2,6H2,1H3/b20-10+. The summed E-state index contributed by atoms with van der Waals surface area (Å²) >= 11 is 0. The molecule has 1 aromatic heterocycles. The number of anilines is 1. The fourth-order valence-electron chi connectivity index (χ4n) is 3.80. The Labute approximate surface area is 182 Å². The van der Waals surface area contributed by atoms with Gasteiger partial charge in [0, 0.05) is 11.3 Å². The summed E-state index contributed by atoms with van der Waals surface area (Å²) in [6.07, 6.45) is 0.550. The third-order valence-electron chi connectivity index (χ3n) is 5.03. The lowest BCUT2D eigenvalue weighted by atomic mass is 9.93. The van der Waals surface area contributed by atoms with E-state index in [0.29, 0.717) is 46.4 Å². The average molecular weight is 462 g/mol. The molecule has 2 aromatic carbocycles. The van der Waals surface area contributed by atoms with Gasteiger partial charge in [-0.15, -0.1) is 0 Å². The predicted molar refractivity (Wildman–Crippen MR) is 115 cm³/mol. The zero-order valence-electron chi connectivity index (χ0n) is 16.9. The predicted octanol–water partition coefficient (Wildman–Crippen LogP) is 5.36. The van der Waals surface area contributed by atoms with E-state index < -0.39 is 28.1 Å². The van der Waals surface area contributed by atoms with Crippen molar-refractivity contribution in [1.29, 1.82) is 0 Å². The largest absolute Gasteiger partial charge is 0.284 e. The summed E-state index contributed by atoms with van der Waals surface area (Å²) in [6.45, 7) is 0. The summed E-state index contributed by atoms with van der Waals surface area (Å²) < 4.78 is 79.8. The molecule has 0 unspecified atom stereocenters. The summed E-state index contributed by atoms with van der Waals surface area (Å²) in [6, 6.07) is 10.7. The molecule has 0 saturated carbocycles. The van der Waals surface area contributed by atoms with Crippen LogP contribution in [0.1, 0.15) is 40.1 Å². The first-order valence-electron chi connectivity index (χ1n) is 9.66. The molecule has 1 N–H and O–H groups in total. The van der Waals surface area contributed by atoms with E-state index in [1.165, 1.54) is 36.4 Å². The molecule has 0 bridgehead atoms. The van der Waals surface area contributed by atoms with Gasteiger partial charge in [0.25, 0.3) is 6.43 Å². The average Bonchev–Trinajstić information content (AvgIpc) is 2.83. The number of aryl methyl sites for hydroxylation is 2. The van der Waals surface area contributed by atoms with Crippen molar-refractivity contribution in [3.63, 3.8) is 0 Å². The van der Waals surface area contributed by atoms with Crippen LogP contribution in [0.2, 0.25) is 0 Å². The normalized spacial score (nSPS) is 14.8. The van der Waals surface area contributed by atoms with Crippen LogP contribution in [-0.2, 0) is 22.9 Å². The van der Waals surface area contributed by atoms with Gasteiger partial charge < -0.3 is 0 Å². The number of nitrogens with zero attached hydrogens (tertiary/aromatic N) is 1. The second kappa shape index (κ2) is 8.38. The minimum Gasteiger partial charge on any atom is -0.284 e. The Morgan fingerprint density at radius 3 is 2.44 bits per heavy atom. The Balaban J connectivity index is 1.92. The van der Waals surface area contributed by atoms with E-state index in [-0.39, 0.29) is 11.4 Å². The molecule has 32 heavy (non-hydrogen) atoms. The van der Waals surface area contributed by atoms with Crippen LogP contribution in [0.4, 0.5) is 23.2 Å². The lowest BCUT2D eigenvalue weighted by Gasteiger charge is -2.13. The van der Waals surface area contributed by atoms with Crippen LogP contribution < -0.4 is 4.72 Å². The number of sulfonamides is 1. The molecule has 3 aromatic rings. The smallest absolute Gasteiger partial charge is 0.280 e. The van der Waals surface area contributed by atoms with Crippen LogP contribution in [-0.4, -0.2) is 19.7 Å². The van der Waals surface area contributed by atoms with Gasteiger partial charge in [-0.05, 0) is 77.6 Å². The van der Waals surface area contributed by atoms with E-state index in [9.17, 15) is 26.0 Å². The highest BCUT2D eigenvalue weighted by molar-refractivity contribution is 7.92. The van der Waals surface area contributed by atoms with Gasteiger partial charge in [-0.1, -0.05) is 12.1 Å². The maximum Gasteiger partial charge on any atom is 0.280 e. The molecule has 166 valence electrons. The van der Waals surface area contributed by atoms with Crippen LogP contribution in [0, 0.1) is 11.6 Å². The van der Waals surface area contributed by atoms with Gasteiger partial charge in [0.05, 0.1) is 11.9 Å². The molecule has 0 fully saturated rings. The number of fused-ring (bicyclic) bond motifs is 2. The minimum atomic E-state index is -3.62. The number of nitrogens with one attached hydrogen (secondary N) is 1. The minimum absolute atomic E-state index is 0.0405. The van der Waals surface area contributed by atoms with Gasteiger partial charge in [-0.3, -0.25) is 9.71 Å². The second-order valence-corrected chi connectivity index (χ2v) is 9.29. The van der Waals surface area contributed by atoms with Crippen LogP contribution >= 0.6 is 0 Å². The quantitative estimate of drug-likeness (QED) is 0.532. The van der Waals surface area contributed by atoms with Gasteiger partial charge in [0.15, 0.2) is 0 Å². The molecule has 4 nitrogen and oxygen atoms in total. The van der Waals surface area contributed by atoms with Crippen molar-refractivity contribution in [3.05, 3.63) is 93.8 Å². The molecular formula is C23H18F4N2O2S. The third-order valence-corrected chi connectivity index (χ3v) is 5.64. The number of hydrogen-bond acceptors (Lipinski definition) is 3. The lowest BCUT2D eigenvalue weighted by Crippen LogP contribution is -2.09. The number of alkyl halides is 2. The Hall–Kier alpha value is -3.20. The Morgan fingerprint density at radius 2 is 1.72 bits per heavy atom. The first kappa shape index (κ1) is 22.0. The van der Waals surface area contributed by atoms with Crippen molar-refractivity contribution in [2.45, 2.75) is 19.3 Å². The number of pyridine rings is 1. The number of rotatable bonds is 4. The fourth-order valence-corrected chi connectivity index (χ4v) is 4.34. The maximum absolute atomic E-state index is 14.2. The fraction of sp³-hybridized carbons (Fsp3) is 0.174. The molecule has 0 aliphatic heterocycles. The van der Waals surface area contributed by atoms with Crippen LogP contribution in [0.5, 0.6) is 0 Å². The number of benzene rings is 2. The van der Waals surface area contributed by atoms with Crippen molar-refractivity contribution in [2.24, 2.45) is 0 Å². The van der Waals surface area contributed by atoms with Gasteiger partial charge in [0.2, 0.25) is 10.0 Å². The van der Waals surface area contributed by atoms with Gasteiger partial charge >= 0.3 is 0 Å². The van der Waals surface area contributed by atoms with Gasteiger partial charge in [-0.2, -0.15) is 0 Å². The molecule has 0 saturated heterocycles. The molecule has 9 heteroatoms. The summed E-state index contributed by atoms with van der Waals surface area (Å²) in [5, 5.41) is 0.